The summed E-state index contributed by atoms with van der Waals surface area (Å²) in [5.41, 5.74) is 1.82. The smallest absolute Gasteiger partial charge is 0.308 e. The first-order valence-corrected chi connectivity index (χ1v) is 12.9. The average Bonchev–Trinajstić information content (AvgIpc) is 2.88. The average molecular weight is 483 g/mol. The molecule has 1 heterocycles. The zero-order chi connectivity index (χ0) is 25.1. The highest BCUT2D eigenvalue weighted by Crippen LogP contribution is 2.49. The van der Waals surface area contributed by atoms with Gasteiger partial charge in [0.15, 0.2) is 0 Å². The zero-order valence-corrected chi connectivity index (χ0v) is 20.9. The lowest BCUT2D eigenvalue weighted by molar-refractivity contribution is -0.131. The van der Waals surface area contributed by atoms with Gasteiger partial charge in [0.1, 0.15) is 5.75 Å². The van der Waals surface area contributed by atoms with Gasteiger partial charge < -0.3 is 10.1 Å². The number of nitrogens with zero attached hydrogens (tertiary/aromatic N) is 1. The lowest BCUT2D eigenvalue weighted by Crippen LogP contribution is -2.56. The number of hydrogen-bond acceptors (Lipinski definition) is 4. The van der Waals surface area contributed by atoms with Crippen LogP contribution in [-0.2, 0) is 10.2 Å². The normalized spacial score (nSPS) is 24.0. The van der Waals surface area contributed by atoms with Crippen molar-refractivity contribution in [3.8, 4) is 5.75 Å². The maximum Gasteiger partial charge on any atom is 0.308 e. The molecular weight excluding hydrogens is 448 g/mol. The number of benzene rings is 3. The molecule has 0 spiro atoms. The molecule has 5 nitrogen and oxygen atoms in total. The first kappa shape index (κ1) is 24.3. The molecule has 5 rings (SSSR count). The van der Waals surface area contributed by atoms with Gasteiger partial charge in [-0.1, -0.05) is 48.5 Å². The van der Waals surface area contributed by atoms with Gasteiger partial charge in [0, 0.05) is 37.0 Å². The van der Waals surface area contributed by atoms with Gasteiger partial charge in [0.2, 0.25) is 0 Å². The van der Waals surface area contributed by atoms with Crippen molar-refractivity contribution in [2.45, 2.75) is 44.1 Å². The second-order valence-electron chi connectivity index (χ2n) is 10.3. The highest BCUT2D eigenvalue weighted by Gasteiger charge is 2.48. The quantitative estimate of drug-likeness (QED) is 0.287. The molecule has 2 fully saturated rings. The van der Waals surface area contributed by atoms with Crippen molar-refractivity contribution in [1.82, 2.24) is 10.2 Å². The van der Waals surface area contributed by atoms with E-state index in [1.165, 1.54) is 12.5 Å². The summed E-state index contributed by atoms with van der Waals surface area (Å²) in [6.07, 6.45) is 5.84. The van der Waals surface area contributed by atoms with Gasteiger partial charge in [-0.15, -0.1) is 6.58 Å². The van der Waals surface area contributed by atoms with E-state index in [0.29, 0.717) is 17.2 Å². The predicted molar refractivity (Wildman–Crippen MR) is 143 cm³/mol. The number of piperidine rings is 1. The molecule has 1 saturated heterocycles. The van der Waals surface area contributed by atoms with Crippen LogP contribution in [0.5, 0.6) is 5.75 Å². The van der Waals surface area contributed by atoms with E-state index in [1.807, 2.05) is 60.7 Å². The Morgan fingerprint density at radius 2 is 1.92 bits per heavy atom. The molecule has 0 bridgehead atoms. The van der Waals surface area contributed by atoms with Crippen molar-refractivity contribution in [3.05, 3.63) is 90.5 Å². The molecule has 2 aliphatic rings. The first-order chi connectivity index (χ1) is 17.5. The fourth-order valence-corrected chi connectivity index (χ4v) is 6.32. The second-order valence-corrected chi connectivity index (χ2v) is 10.3. The summed E-state index contributed by atoms with van der Waals surface area (Å²) < 4.78 is 5.43. The molecule has 0 aromatic heterocycles. The third kappa shape index (κ3) is 4.93. The maximum atomic E-state index is 13.3. The van der Waals surface area contributed by atoms with Crippen LogP contribution in [0.2, 0.25) is 0 Å². The van der Waals surface area contributed by atoms with Gasteiger partial charge in [-0.3, -0.25) is 14.5 Å². The highest BCUT2D eigenvalue weighted by molar-refractivity contribution is 5.98. The summed E-state index contributed by atoms with van der Waals surface area (Å²) >= 11 is 0. The van der Waals surface area contributed by atoms with Crippen LogP contribution in [-0.4, -0.2) is 42.5 Å². The van der Waals surface area contributed by atoms with Crippen LogP contribution in [0.1, 0.15) is 48.5 Å². The lowest BCUT2D eigenvalue weighted by atomic mass is 9.58. The van der Waals surface area contributed by atoms with E-state index in [9.17, 15) is 9.59 Å². The predicted octanol–water partition coefficient (Wildman–Crippen LogP) is 5.49. The van der Waals surface area contributed by atoms with Crippen molar-refractivity contribution in [2.24, 2.45) is 5.92 Å². The van der Waals surface area contributed by atoms with E-state index < -0.39 is 0 Å². The molecule has 1 aliphatic carbocycles. The highest BCUT2D eigenvalue weighted by atomic mass is 16.5. The van der Waals surface area contributed by atoms with E-state index in [1.54, 1.807) is 0 Å². The Labute approximate surface area is 213 Å². The summed E-state index contributed by atoms with van der Waals surface area (Å²) in [5, 5.41) is 5.56. The second kappa shape index (κ2) is 10.3. The fraction of sp³-hybridized carbons (Fsp3) is 0.355. The summed E-state index contributed by atoms with van der Waals surface area (Å²) in [5.74, 6) is 0.722. The standard InChI is InChI=1S/C31H34N2O3/c1-3-16-33-17-15-31(26-9-6-10-29(19-26)36-22(2)34)20-28(14-13-27(31)21-33)32-30(35)25-12-11-23-7-4-5-8-24(23)18-25/h3-12,18-19,27-28H,1,13-17,20-21H2,2H3,(H,32,35). The van der Waals surface area contributed by atoms with Crippen LogP contribution in [0.15, 0.2) is 79.4 Å². The molecule has 186 valence electrons. The molecule has 1 amide bonds. The zero-order valence-electron chi connectivity index (χ0n) is 20.9. The van der Waals surface area contributed by atoms with Crippen molar-refractivity contribution in [3.63, 3.8) is 0 Å². The Hall–Kier alpha value is -3.44. The molecule has 5 heteroatoms. The largest absolute Gasteiger partial charge is 0.427 e. The Morgan fingerprint density at radius 1 is 1.08 bits per heavy atom. The molecule has 3 unspecified atom stereocenters. The van der Waals surface area contributed by atoms with Crippen LogP contribution in [0, 0.1) is 5.92 Å². The Bertz CT molecular complexity index is 1290. The van der Waals surface area contributed by atoms with E-state index in [4.69, 9.17) is 4.74 Å². The third-order valence-corrected chi connectivity index (χ3v) is 8.01. The van der Waals surface area contributed by atoms with E-state index >= 15 is 0 Å². The molecule has 3 atom stereocenters. The number of hydrogen-bond donors (Lipinski definition) is 1. The number of nitrogens with one attached hydrogen (secondary N) is 1. The molecular formula is C31H34N2O3. The lowest BCUT2D eigenvalue weighted by Gasteiger charge is -2.53. The van der Waals surface area contributed by atoms with Gasteiger partial charge in [0.25, 0.3) is 5.91 Å². The summed E-state index contributed by atoms with van der Waals surface area (Å²) in [6.45, 7) is 8.24. The van der Waals surface area contributed by atoms with Crippen molar-refractivity contribution >= 4 is 22.6 Å². The Morgan fingerprint density at radius 3 is 2.72 bits per heavy atom. The third-order valence-electron chi connectivity index (χ3n) is 8.01. The minimum Gasteiger partial charge on any atom is -0.427 e. The van der Waals surface area contributed by atoms with Crippen LogP contribution < -0.4 is 10.1 Å². The Kier molecular flexibility index (Phi) is 6.92. The number of rotatable bonds is 6. The number of carbonyl (C=O) groups is 2. The molecule has 0 radical (unpaired) electrons. The van der Waals surface area contributed by atoms with Crippen LogP contribution in [0.4, 0.5) is 0 Å². The molecule has 1 saturated carbocycles. The number of carbonyl (C=O) groups excluding carboxylic acids is 2. The van der Waals surface area contributed by atoms with E-state index in [0.717, 1.165) is 56.1 Å². The minimum absolute atomic E-state index is 0.0166. The number of fused-ring (bicyclic) bond motifs is 2. The molecule has 36 heavy (non-hydrogen) atoms. The maximum absolute atomic E-state index is 13.3. The number of amides is 1. The van der Waals surface area contributed by atoms with Gasteiger partial charge in [-0.05, 0) is 78.7 Å². The molecule has 1 aliphatic heterocycles. The number of esters is 1. The minimum atomic E-state index is -0.314. The number of ether oxygens (including phenoxy) is 1. The molecule has 3 aromatic carbocycles. The topological polar surface area (TPSA) is 58.6 Å². The van der Waals surface area contributed by atoms with Crippen molar-refractivity contribution in [1.29, 1.82) is 0 Å². The first-order valence-electron chi connectivity index (χ1n) is 12.9. The SMILES string of the molecule is C=CCN1CCC2(c3cccc(OC(C)=O)c3)CC(NC(=O)c3ccc4ccccc4c3)CCC2C1. The van der Waals surface area contributed by atoms with Crippen molar-refractivity contribution < 1.29 is 14.3 Å². The van der Waals surface area contributed by atoms with Crippen molar-refractivity contribution in [2.75, 3.05) is 19.6 Å². The van der Waals surface area contributed by atoms with Gasteiger partial charge in [-0.25, -0.2) is 0 Å². The van der Waals surface area contributed by atoms with E-state index in [2.05, 4.69) is 28.9 Å². The Balaban J connectivity index is 1.40. The van der Waals surface area contributed by atoms with Crippen LogP contribution in [0.25, 0.3) is 10.8 Å². The van der Waals surface area contributed by atoms with Gasteiger partial charge in [0.05, 0.1) is 0 Å². The summed E-state index contributed by atoms with van der Waals surface area (Å²) in [7, 11) is 0. The molecule has 3 aromatic rings. The van der Waals surface area contributed by atoms with E-state index in [-0.39, 0.29) is 23.3 Å². The van der Waals surface area contributed by atoms with Gasteiger partial charge in [-0.2, -0.15) is 0 Å². The monoisotopic (exact) mass is 482 g/mol. The van der Waals surface area contributed by atoms with Crippen LogP contribution >= 0.6 is 0 Å². The van der Waals surface area contributed by atoms with Gasteiger partial charge >= 0.3 is 5.97 Å². The van der Waals surface area contributed by atoms with Crippen LogP contribution in [0.3, 0.4) is 0 Å². The fourth-order valence-electron chi connectivity index (χ4n) is 6.32. The summed E-state index contributed by atoms with van der Waals surface area (Å²) in [4.78, 5) is 27.4. The molecule has 1 N–H and O–H groups in total. The number of likely N-dealkylation sites (tertiary alicyclic amines) is 1. The summed E-state index contributed by atoms with van der Waals surface area (Å²) in [6, 6.07) is 22.1.